The van der Waals surface area contributed by atoms with E-state index in [2.05, 4.69) is 0 Å². The molecule has 1 atom stereocenters. The summed E-state index contributed by atoms with van der Waals surface area (Å²) in [5, 5.41) is 0. The molecule has 88 valence electrons. The van der Waals surface area contributed by atoms with E-state index in [-0.39, 0.29) is 11.7 Å². The predicted octanol–water partition coefficient (Wildman–Crippen LogP) is 3.75. The molecule has 0 spiro atoms. The SMILES string of the molecule is O=C1CC(c2ccc(F)cc2)C2=C1CCCC2. The van der Waals surface area contributed by atoms with Gasteiger partial charge in [-0.05, 0) is 49.0 Å². The van der Waals surface area contributed by atoms with Crippen molar-refractivity contribution in [1.29, 1.82) is 0 Å². The third-order valence-electron chi connectivity index (χ3n) is 3.93. The Hall–Kier alpha value is -1.44. The second-order valence-corrected chi connectivity index (χ2v) is 4.94. The highest BCUT2D eigenvalue weighted by Gasteiger charge is 2.33. The molecule has 0 aromatic heterocycles. The van der Waals surface area contributed by atoms with Gasteiger partial charge in [0, 0.05) is 12.3 Å². The lowest BCUT2D eigenvalue weighted by Gasteiger charge is -2.18. The molecule has 2 aliphatic carbocycles. The van der Waals surface area contributed by atoms with Crippen molar-refractivity contribution in [2.75, 3.05) is 0 Å². The van der Waals surface area contributed by atoms with Crippen LogP contribution in [-0.4, -0.2) is 5.78 Å². The molecule has 0 saturated heterocycles. The molecule has 17 heavy (non-hydrogen) atoms. The molecular formula is C15H15FO. The number of rotatable bonds is 1. The fraction of sp³-hybridized carbons (Fsp3) is 0.400. The molecule has 1 aromatic rings. The van der Waals surface area contributed by atoms with Crippen molar-refractivity contribution >= 4 is 5.78 Å². The van der Waals surface area contributed by atoms with Crippen LogP contribution < -0.4 is 0 Å². The summed E-state index contributed by atoms with van der Waals surface area (Å²) in [5.41, 5.74) is 3.49. The van der Waals surface area contributed by atoms with Gasteiger partial charge in [-0.1, -0.05) is 17.7 Å². The summed E-state index contributed by atoms with van der Waals surface area (Å²) in [6.07, 6.45) is 4.91. The Morgan fingerprint density at radius 2 is 1.76 bits per heavy atom. The smallest absolute Gasteiger partial charge is 0.159 e. The highest BCUT2D eigenvalue weighted by atomic mass is 19.1. The molecule has 0 fully saturated rings. The average molecular weight is 230 g/mol. The van der Waals surface area contributed by atoms with E-state index in [1.54, 1.807) is 0 Å². The highest BCUT2D eigenvalue weighted by molar-refractivity contribution is 6.00. The van der Waals surface area contributed by atoms with E-state index in [9.17, 15) is 9.18 Å². The molecule has 1 nitrogen and oxygen atoms in total. The van der Waals surface area contributed by atoms with Gasteiger partial charge in [0.25, 0.3) is 0 Å². The summed E-state index contributed by atoms with van der Waals surface area (Å²) in [6.45, 7) is 0. The van der Waals surface area contributed by atoms with Crippen LogP contribution in [0.3, 0.4) is 0 Å². The molecule has 1 aromatic carbocycles. The number of halogens is 1. The number of ketones is 1. The number of benzene rings is 1. The maximum absolute atomic E-state index is 12.9. The molecule has 0 radical (unpaired) electrons. The standard InChI is InChI=1S/C15H15FO/c16-11-7-5-10(6-8-11)14-9-15(17)13-4-2-1-3-12(13)14/h5-8,14H,1-4,9H2. The summed E-state index contributed by atoms with van der Waals surface area (Å²) in [6, 6.07) is 6.61. The van der Waals surface area contributed by atoms with Crippen LogP contribution in [0.25, 0.3) is 0 Å². The van der Waals surface area contributed by atoms with E-state index < -0.39 is 0 Å². The summed E-state index contributed by atoms with van der Waals surface area (Å²) < 4.78 is 12.9. The molecule has 1 unspecified atom stereocenters. The van der Waals surface area contributed by atoms with Crippen LogP contribution in [0, 0.1) is 5.82 Å². The van der Waals surface area contributed by atoms with Gasteiger partial charge in [-0.2, -0.15) is 0 Å². The second kappa shape index (κ2) is 4.10. The van der Waals surface area contributed by atoms with Crippen LogP contribution in [-0.2, 0) is 4.79 Å². The molecular weight excluding hydrogens is 215 g/mol. The zero-order valence-electron chi connectivity index (χ0n) is 9.71. The lowest BCUT2D eigenvalue weighted by Crippen LogP contribution is -2.02. The average Bonchev–Trinajstić information content (AvgIpc) is 2.69. The van der Waals surface area contributed by atoms with Crippen LogP contribution in [0.2, 0.25) is 0 Å². The van der Waals surface area contributed by atoms with E-state index in [4.69, 9.17) is 0 Å². The molecule has 0 amide bonds. The number of hydrogen-bond acceptors (Lipinski definition) is 1. The molecule has 0 aliphatic heterocycles. The molecule has 3 rings (SSSR count). The van der Waals surface area contributed by atoms with Crippen LogP contribution >= 0.6 is 0 Å². The Labute approximate surface area is 100 Å². The minimum Gasteiger partial charge on any atom is -0.295 e. The van der Waals surface area contributed by atoms with Gasteiger partial charge in [0.05, 0.1) is 0 Å². The summed E-state index contributed by atoms with van der Waals surface area (Å²) in [7, 11) is 0. The number of allylic oxidation sites excluding steroid dienone is 2. The Kier molecular flexibility index (Phi) is 2.58. The number of carbonyl (C=O) groups excluding carboxylic acids is 1. The zero-order chi connectivity index (χ0) is 11.8. The third-order valence-corrected chi connectivity index (χ3v) is 3.93. The monoisotopic (exact) mass is 230 g/mol. The lowest BCUT2D eigenvalue weighted by atomic mass is 9.86. The van der Waals surface area contributed by atoms with Gasteiger partial charge in [0.2, 0.25) is 0 Å². The number of carbonyl (C=O) groups is 1. The molecule has 0 bridgehead atoms. The first-order valence-electron chi connectivity index (χ1n) is 6.26. The Morgan fingerprint density at radius 3 is 2.53 bits per heavy atom. The fourth-order valence-corrected chi connectivity index (χ4v) is 3.08. The van der Waals surface area contributed by atoms with E-state index in [0.717, 1.165) is 30.4 Å². The van der Waals surface area contributed by atoms with Crippen LogP contribution in [0.4, 0.5) is 4.39 Å². The second-order valence-electron chi connectivity index (χ2n) is 4.94. The van der Waals surface area contributed by atoms with Gasteiger partial charge in [0.15, 0.2) is 5.78 Å². The van der Waals surface area contributed by atoms with Crippen molar-refractivity contribution in [2.45, 2.75) is 38.0 Å². The van der Waals surface area contributed by atoms with Crippen LogP contribution in [0.1, 0.15) is 43.6 Å². The molecule has 0 saturated carbocycles. The zero-order valence-corrected chi connectivity index (χ0v) is 9.71. The van der Waals surface area contributed by atoms with Crippen molar-refractivity contribution < 1.29 is 9.18 Å². The van der Waals surface area contributed by atoms with Crippen LogP contribution in [0.15, 0.2) is 35.4 Å². The van der Waals surface area contributed by atoms with Gasteiger partial charge >= 0.3 is 0 Å². The molecule has 0 heterocycles. The van der Waals surface area contributed by atoms with Gasteiger partial charge in [0.1, 0.15) is 5.82 Å². The normalized spacial score (nSPS) is 24.1. The van der Waals surface area contributed by atoms with Crippen molar-refractivity contribution in [2.24, 2.45) is 0 Å². The van der Waals surface area contributed by atoms with Crippen molar-refractivity contribution in [3.05, 3.63) is 46.8 Å². The largest absolute Gasteiger partial charge is 0.295 e. The van der Waals surface area contributed by atoms with Crippen LogP contribution in [0.5, 0.6) is 0 Å². The molecule has 2 heteroatoms. The Bertz CT molecular complexity index is 484. The number of hydrogen-bond donors (Lipinski definition) is 0. The highest BCUT2D eigenvalue weighted by Crippen LogP contribution is 2.44. The van der Waals surface area contributed by atoms with E-state index in [1.807, 2.05) is 12.1 Å². The minimum atomic E-state index is -0.212. The fourth-order valence-electron chi connectivity index (χ4n) is 3.08. The first kappa shape index (κ1) is 10.7. The Balaban J connectivity index is 1.97. The number of Topliss-reactive ketones (excluding diaryl/α,β-unsaturated/α-hetero) is 1. The summed E-state index contributed by atoms with van der Waals surface area (Å²) in [5.74, 6) is 0.323. The topological polar surface area (TPSA) is 17.1 Å². The van der Waals surface area contributed by atoms with Crippen molar-refractivity contribution in [1.82, 2.24) is 0 Å². The summed E-state index contributed by atoms with van der Waals surface area (Å²) >= 11 is 0. The van der Waals surface area contributed by atoms with Gasteiger partial charge < -0.3 is 0 Å². The van der Waals surface area contributed by atoms with E-state index >= 15 is 0 Å². The van der Waals surface area contributed by atoms with Gasteiger partial charge in [-0.3, -0.25) is 4.79 Å². The van der Waals surface area contributed by atoms with E-state index in [0.29, 0.717) is 12.2 Å². The quantitative estimate of drug-likeness (QED) is 0.718. The Morgan fingerprint density at radius 1 is 1.06 bits per heavy atom. The van der Waals surface area contributed by atoms with Gasteiger partial charge in [-0.15, -0.1) is 0 Å². The molecule has 0 N–H and O–H groups in total. The maximum Gasteiger partial charge on any atom is 0.159 e. The lowest BCUT2D eigenvalue weighted by molar-refractivity contribution is -0.115. The summed E-state index contributed by atoms with van der Waals surface area (Å²) in [4.78, 5) is 11.9. The van der Waals surface area contributed by atoms with Crippen molar-refractivity contribution in [3.63, 3.8) is 0 Å². The first-order chi connectivity index (χ1) is 8.25. The predicted molar refractivity (Wildman–Crippen MR) is 64.3 cm³/mol. The van der Waals surface area contributed by atoms with E-state index in [1.165, 1.54) is 24.1 Å². The molecule has 2 aliphatic rings. The van der Waals surface area contributed by atoms with Crippen molar-refractivity contribution in [3.8, 4) is 0 Å². The first-order valence-corrected chi connectivity index (χ1v) is 6.26. The minimum absolute atomic E-state index is 0.212. The maximum atomic E-state index is 12.9. The van der Waals surface area contributed by atoms with Gasteiger partial charge in [-0.25, -0.2) is 4.39 Å². The third kappa shape index (κ3) is 1.82.